The highest BCUT2D eigenvalue weighted by Crippen LogP contribution is 2.42. The molecule has 2 atom stereocenters. The van der Waals surface area contributed by atoms with E-state index in [0.717, 1.165) is 155 Å². The van der Waals surface area contributed by atoms with Crippen molar-refractivity contribution in [3.63, 3.8) is 0 Å². The van der Waals surface area contributed by atoms with Gasteiger partial charge in [-0.15, -0.1) is 0 Å². The van der Waals surface area contributed by atoms with Gasteiger partial charge in [0.25, 0.3) is 0 Å². The molecule has 2 amide bonds. The molecule has 0 aromatic carbocycles. The van der Waals surface area contributed by atoms with Gasteiger partial charge in [-0.3, -0.25) is 47.4 Å². The van der Waals surface area contributed by atoms with Gasteiger partial charge >= 0.3 is 7.82 Å². The second-order valence-corrected chi connectivity index (χ2v) is 24.8. The molecule has 0 radical (unpaired) electrons. The summed E-state index contributed by atoms with van der Waals surface area (Å²) in [6.45, 7) is 7.99. The van der Waals surface area contributed by atoms with Gasteiger partial charge in [0.15, 0.2) is 0 Å². The Hall–Kier alpha value is -3.05. The number of nitrogens with zero attached hydrogens (tertiary/aromatic N) is 1. The van der Waals surface area contributed by atoms with Crippen LogP contribution in [-0.2, 0) is 66.2 Å². The molecule has 1 fully saturated rings. The van der Waals surface area contributed by atoms with Crippen LogP contribution in [0.3, 0.4) is 0 Å². The Morgan fingerprint density at radius 1 is 0.476 bits per heavy atom. The predicted octanol–water partition coefficient (Wildman–Crippen LogP) is 13.6. The van der Waals surface area contributed by atoms with Gasteiger partial charge in [-0.1, -0.05) is 111 Å². The van der Waals surface area contributed by atoms with E-state index in [2.05, 4.69) is 30.6 Å². The quantitative estimate of drug-likeness (QED) is 0.0425. The van der Waals surface area contributed by atoms with Crippen molar-refractivity contribution in [1.29, 1.82) is 0 Å². The topological polar surface area (TPSA) is 235 Å². The standard InChI is InChI=1S/C64H115N2O15P/c1-5-8-19-32-56(67)35-23-17-25-37-59(70)42-47-78-52-64(53-79-48-43-60(71)38-26-18-24-36-57(68)33-20-9-6-2,54-80-49-44-62(73)65-45-29-28-39-58(69)34-21-10-7-3)50-61(72)40-22-15-13-11-12-14-16-27-41-63(74)66-46-30-31-55(66)51-81-82(75,76)77-4/h55H,5-54H2,1-4H3,(H,65,73)(H,75,76). The number of ether oxygens (including phenoxy) is 3. The molecule has 2 unspecified atom stereocenters. The fourth-order valence-corrected chi connectivity index (χ4v) is 10.8. The van der Waals surface area contributed by atoms with Gasteiger partial charge in [-0.25, -0.2) is 4.57 Å². The highest BCUT2D eigenvalue weighted by Gasteiger charge is 2.35. The van der Waals surface area contributed by atoms with Crippen molar-refractivity contribution in [2.45, 2.75) is 290 Å². The van der Waals surface area contributed by atoms with Crippen molar-refractivity contribution in [1.82, 2.24) is 10.2 Å². The van der Waals surface area contributed by atoms with E-state index >= 15 is 0 Å². The number of likely N-dealkylation sites (tertiary alicyclic amines) is 1. The zero-order chi connectivity index (χ0) is 60.4. The molecule has 17 nitrogen and oxygen atoms in total. The van der Waals surface area contributed by atoms with Crippen molar-refractivity contribution in [2.24, 2.45) is 5.41 Å². The number of unbranched alkanes of at least 4 members (excludes halogenated alkanes) is 18. The Morgan fingerprint density at radius 2 is 0.829 bits per heavy atom. The van der Waals surface area contributed by atoms with Gasteiger partial charge in [-0.05, 0) is 83.5 Å². The monoisotopic (exact) mass is 1180 g/mol. The van der Waals surface area contributed by atoms with E-state index in [1.807, 2.05) is 0 Å². The Morgan fingerprint density at radius 3 is 1.26 bits per heavy atom. The van der Waals surface area contributed by atoms with Crippen LogP contribution in [0, 0.1) is 5.41 Å². The molecular formula is C64H115N2O15P. The lowest BCUT2D eigenvalue weighted by Crippen LogP contribution is -2.40. The summed E-state index contributed by atoms with van der Waals surface area (Å²) in [5.41, 5.74) is -0.949. The summed E-state index contributed by atoms with van der Waals surface area (Å²) in [6, 6.07) is -0.229. The van der Waals surface area contributed by atoms with E-state index < -0.39 is 13.2 Å². The van der Waals surface area contributed by atoms with Crippen LogP contribution in [0.2, 0.25) is 0 Å². The summed E-state index contributed by atoms with van der Waals surface area (Å²) in [6.07, 6.45) is 29.7. The molecule has 1 heterocycles. The maximum Gasteiger partial charge on any atom is 0.471 e. The Labute approximate surface area is 495 Å². The predicted molar refractivity (Wildman–Crippen MR) is 323 cm³/mol. The number of carbonyl (C=O) groups is 8. The average molecular weight is 1180 g/mol. The first-order valence-electron chi connectivity index (χ1n) is 32.5. The van der Waals surface area contributed by atoms with E-state index in [4.69, 9.17) is 18.7 Å². The first-order chi connectivity index (χ1) is 39.6. The SMILES string of the molecule is CCCCCC(=O)CCCCCC(=O)CCOCC(COCCC(=O)CCCCCC(=O)CCCCC)(COCCC(=O)NCCCCC(=O)CCCCC)CC(=O)CCCCCCCCCCC(=O)N1CCCC1COP(=O)(O)OC. The molecule has 0 aliphatic carbocycles. The maximum absolute atomic E-state index is 13.9. The van der Waals surface area contributed by atoms with E-state index in [0.29, 0.717) is 103 Å². The van der Waals surface area contributed by atoms with Crippen LogP contribution in [0.25, 0.3) is 0 Å². The number of carbonyl (C=O) groups excluding carboxylic acids is 8. The number of ketones is 6. The number of rotatable bonds is 61. The third-order valence-electron chi connectivity index (χ3n) is 15.5. The third-order valence-corrected chi connectivity index (χ3v) is 16.4. The fourth-order valence-electron chi connectivity index (χ4n) is 10.3. The van der Waals surface area contributed by atoms with E-state index in [-0.39, 0.29) is 124 Å². The lowest BCUT2D eigenvalue weighted by atomic mass is 9.83. The first kappa shape index (κ1) is 77.0. The van der Waals surface area contributed by atoms with Crippen molar-refractivity contribution in [3.05, 3.63) is 0 Å². The first-order valence-corrected chi connectivity index (χ1v) is 34.0. The third kappa shape index (κ3) is 43.6. The largest absolute Gasteiger partial charge is 0.471 e. The van der Waals surface area contributed by atoms with Crippen LogP contribution < -0.4 is 5.32 Å². The number of amides is 2. The van der Waals surface area contributed by atoms with E-state index in [1.54, 1.807) is 4.90 Å². The lowest BCUT2D eigenvalue weighted by molar-refractivity contribution is -0.133. The summed E-state index contributed by atoms with van der Waals surface area (Å²) in [5.74, 6) is 0.872. The van der Waals surface area contributed by atoms with Gasteiger partial charge in [0, 0.05) is 116 Å². The number of phosphoric acid groups is 1. The normalized spacial score (nSPS) is 14.3. The Bertz CT molecular complexity index is 1670. The number of phosphoric ester groups is 1. The molecule has 18 heteroatoms. The van der Waals surface area contributed by atoms with Gasteiger partial charge in [-0.2, -0.15) is 0 Å². The minimum atomic E-state index is -4.10. The minimum absolute atomic E-state index is 0.0257. The zero-order valence-corrected chi connectivity index (χ0v) is 52.9. The molecule has 1 saturated heterocycles. The highest BCUT2D eigenvalue weighted by molar-refractivity contribution is 7.47. The van der Waals surface area contributed by atoms with Gasteiger partial charge in [0.05, 0.1) is 52.3 Å². The van der Waals surface area contributed by atoms with Crippen molar-refractivity contribution in [2.75, 3.05) is 66.4 Å². The number of hydrogen-bond donors (Lipinski definition) is 2. The van der Waals surface area contributed by atoms with Crippen molar-refractivity contribution in [3.8, 4) is 0 Å². The minimum Gasteiger partial charge on any atom is -0.380 e. The summed E-state index contributed by atoms with van der Waals surface area (Å²) < 4.78 is 39.9. The number of Topliss-reactive ketones (excluding diaryl/α,β-unsaturated/α-hetero) is 6. The average Bonchev–Trinajstić information content (AvgIpc) is 3.99. The van der Waals surface area contributed by atoms with Crippen LogP contribution in [0.1, 0.15) is 284 Å². The molecule has 0 bridgehead atoms. The number of hydrogen-bond acceptors (Lipinski definition) is 14. The molecule has 2 N–H and O–H groups in total. The van der Waals surface area contributed by atoms with Gasteiger partial charge in [0.2, 0.25) is 11.8 Å². The smallest absolute Gasteiger partial charge is 0.380 e. The second-order valence-electron chi connectivity index (χ2n) is 23.3. The molecule has 0 saturated carbocycles. The molecule has 0 aromatic heterocycles. The Balaban J connectivity index is 2.88. The van der Waals surface area contributed by atoms with Gasteiger partial charge < -0.3 is 29.3 Å². The van der Waals surface area contributed by atoms with Crippen LogP contribution in [0.4, 0.5) is 0 Å². The fraction of sp³-hybridized carbons (Fsp3) is 0.875. The van der Waals surface area contributed by atoms with E-state index in [1.165, 1.54) is 0 Å². The number of nitrogens with one attached hydrogen (secondary N) is 1. The highest BCUT2D eigenvalue weighted by atomic mass is 31.2. The van der Waals surface area contributed by atoms with Crippen molar-refractivity contribution < 1.29 is 71.1 Å². The summed E-state index contributed by atoms with van der Waals surface area (Å²) in [5, 5.41) is 2.93. The summed E-state index contributed by atoms with van der Waals surface area (Å²) in [7, 11) is -2.99. The second kappa shape index (κ2) is 51.2. The molecule has 1 aliphatic heterocycles. The maximum atomic E-state index is 13.9. The molecule has 476 valence electrons. The van der Waals surface area contributed by atoms with E-state index in [9.17, 15) is 47.8 Å². The Kier molecular flexibility index (Phi) is 48.1. The lowest BCUT2D eigenvalue weighted by Gasteiger charge is -2.33. The molecule has 1 rings (SSSR count). The van der Waals surface area contributed by atoms with Crippen LogP contribution >= 0.6 is 7.82 Å². The van der Waals surface area contributed by atoms with Crippen LogP contribution in [-0.4, -0.2) is 129 Å². The molecular weight excluding hydrogens is 1070 g/mol. The zero-order valence-electron chi connectivity index (χ0n) is 52.0. The molecule has 0 spiro atoms. The molecule has 0 aromatic rings. The molecule has 82 heavy (non-hydrogen) atoms. The summed E-state index contributed by atoms with van der Waals surface area (Å²) >= 11 is 0. The van der Waals surface area contributed by atoms with Crippen LogP contribution in [0.5, 0.6) is 0 Å². The van der Waals surface area contributed by atoms with Crippen molar-refractivity contribution >= 4 is 54.3 Å². The summed E-state index contributed by atoms with van der Waals surface area (Å²) in [4.78, 5) is 113. The van der Waals surface area contributed by atoms with Gasteiger partial charge in [0.1, 0.15) is 34.7 Å². The van der Waals surface area contributed by atoms with Crippen LogP contribution in [0.15, 0.2) is 0 Å². The molecule has 1 aliphatic rings.